The van der Waals surface area contributed by atoms with Gasteiger partial charge in [-0.1, -0.05) is 17.7 Å². The molecule has 0 aliphatic rings. The Labute approximate surface area is 117 Å². The van der Waals surface area contributed by atoms with Crippen LogP contribution in [-0.4, -0.2) is 15.0 Å². The summed E-state index contributed by atoms with van der Waals surface area (Å²) in [6, 6.07) is 6.49. The van der Waals surface area contributed by atoms with Crippen molar-refractivity contribution in [3.8, 4) is 0 Å². The molecule has 0 fully saturated rings. The van der Waals surface area contributed by atoms with Crippen molar-refractivity contribution in [2.45, 2.75) is 18.2 Å². The van der Waals surface area contributed by atoms with Crippen molar-refractivity contribution in [1.29, 1.82) is 0 Å². The van der Waals surface area contributed by atoms with Gasteiger partial charge in [-0.05, 0) is 42.7 Å². The largest absolute Gasteiger partial charge is 0.472 e. The van der Waals surface area contributed by atoms with E-state index >= 15 is 0 Å². The molecular formula is C13H14ClNO3S. The SMILES string of the molecule is Cc1ccc(S(=O)(=O)NCCc2ccoc2)cc1Cl. The van der Waals surface area contributed by atoms with E-state index < -0.39 is 10.0 Å². The lowest BCUT2D eigenvalue weighted by molar-refractivity contribution is 0.562. The fourth-order valence-electron chi connectivity index (χ4n) is 1.59. The number of rotatable bonds is 5. The van der Waals surface area contributed by atoms with Crippen molar-refractivity contribution < 1.29 is 12.8 Å². The van der Waals surface area contributed by atoms with Crippen LogP contribution in [-0.2, 0) is 16.4 Å². The molecule has 0 atom stereocenters. The van der Waals surface area contributed by atoms with E-state index in [9.17, 15) is 8.42 Å². The topological polar surface area (TPSA) is 59.3 Å². The Balaban J connectivity index is 2.03. The Morgan fingerprint density at radius 1 is 1.32 bits per heavy atom. The normalized spacial score (nSPS) is 11.7. The second-order valence-corrected chi connectivity index (χ2v) is 6.36. The van der Waals surface area contributed by atoms with Crippen molar-refractivity contribution in [3.05, 3.63) is 52.9 Å². The molecule has 0 saturated carbocycles. The highest BCUT2D eigenvalue weighted by Crippen LogP contribution is 2.19. The number of benzene rings is 1. The van der Waals surface area contributed by atoms with Gasteiger partial charge >= 0.3 is 0 Å². The molecule has 1 aromatic heterocycles. The average Bonchev–Trinajstić information content (AvgIpc) is 2.85. The van der Waals surface area contributed by atoms with Gasteiger partial charge in [0.25, 0.3) is 0 Å². The lowest BCUT2D eigenvalue weighted by atomic mass is 10.2. The summed E-state index contributed by atoms with van der Waals surface area (Å²) in [7, 11) is -3.52. The molecule has 19 heavy (non-hydrogen) atoms. The van der Waals surface area contributed by atoms with E-state index in [0.29, 0.717) is 18.0 Å². The van der Waals surface area contributed by atoms with E-state index in [2.05, 4.69) is 4.72 Å². The zero-order valence-corrected chi connectivity index (χ0v) is 12.0. The van der Waals surface area contributed by atoms with Gasteiger partial charge in [-0.15, -0.1) is 0 Å². The minimum absolute atomic E-state index is 0.176. The highest BCUT2D eigenvalue weighted by Gasteiger charge is 2.14. The first kappa shape index (κ1) is 14.1. The second-order valence-electron chi connectivity index (χ2n) is 4.19. The molecule has 0 aliphatic heterocycles. The Kier molecular flexibility index (Phi) is 4.29. The van der Waals surface area contributed by atoms with E-state index in [1.54, 1.807) is 30.7 Å². The van der Waals surface area contributed by atoms with Gasteiger partial charge in [0.1, 0.15) is 0 Å². The average molecular weight is 300 g/mol. The monoisotopic (exact) mass is 299 g/mol. The van der Waals surface area contributed by atoms with Gasteiger partial charge in [-0.25, -0.2) is 13.1 Å². The fourth-order valence-corrected chi connectivity index (χ4v) is 2.89. The third-order valence-electron chi connectivity index (χ3n) is 2.74. The Hall–Kier alpha value is -1.30. The minimum atomic E-state index is -3.52. The molecular weight excluding hydrogens is 286 g/mol. The quantitative estimate of drug-likeness (QED) is 0.923. The van der Waals surface area contributed by atoms with Crippen LogP contribution < -0.4 is 4.72 Å². The predicted molar refractivity (Wildman–Crippen MR) is 73.8 cm³/mol. The van der Waals surface area contributed by atoms with E-state index in [1.807, 2.05) is 6.92 Å². The van der Waals surface area contributed by atoms with Crippen LogP contribution in [0, 0.1) is 6.92 Å². The standard InChI is InChI=1S/C13H14ClNO3S/c1-10-2-3-12(8-13(10)14)19(16,17)15-6-4-11-5-7-18-9-11/h2-3,5,7-9,15H,4,6H2,1H3. The summed E-state index contributed by atoms with van der Waals surface area (Å²) in [6.07, 6.45) is 3.73. The molecule has 4 nitrogen and oxygen atoms in total. The van der Waals surface area contributed by atoms with Crippen LogP contribution in [0.4, 0.5) is 0 Å². The first-order valence-electron chi connectivity index (χ1n) is 5.76. The van der Waals surface area contributed by atoms with Crippen LogP contribution in [0.15, 0.2) is 46.1 Å². The molecule has 0 amide bonds. The summed E-state index contributed by atoms with van der Waals surface area (Å²) >= 11 is 5.93. The maximum atomic E-state index is 12.0. The third kappa shape index (κ3) is 3.59. The summed E-state index contributed by atoms with van der Waals surface area (Å²) in [4.78, 5) is 0.176. The van der Waals surface area contributed by atoms with Crippen molar-refractivity contribution in [2.24, 2.45) is 0 Å². The summed E-state index contributed by atoms with van der Waals surface area (Å²) < 4.78 is 31.5. The molecule has 0 unspecified atom stereocenters. The van der Waals surface area contributed by atoms with Crippen molar-refractivity contribution >= 4 is 21.6 Å². The second kappa shape index (κ2) is 5.77. The number of hydrogen-bond acceptors (Lipinski definition) is 3. The lowest BCUT2D eigenvalue weighted by Gasteiger charge is -2.07. The van der Waals surface area contributed by atoms with E-state index in [0.717, 1.165) is 11.1 Å². The molecule has 102 valence electrons. The van der Waals surface area contributed by atoms with Crippen LogP contribution >= 0.6 is 11.6 Å². The van der Waals surface area contributed by atoms with E-state index in [-0.39, 0.29) is 4.90 Å². The van der Waals surface area contributed by atoms with E-state index in [1.165, 1.54) is 6.07 Å². The molecule has 0 bridgehead atoms. The smallest absolute Gasteiger partial charge is 0.240 e. The number of aryl methyl sites for hydroxylation is 1. The van der Waals surface area contributed by atoms with Gasteiger partial charge in [-0.2, -0.15) is 0 Å². The molecule has 1 aromatic carbocycles. The summed E-state index contributed by atoms with van der Waals surface area (Å²) in [5, 5.41) is 0.442. The Morgan fingerprint density at radius 3 is 2.74 bits per heavy atom. The maximum Gasteiger partial charge on any atom is 0.240 e. The number of hydrogen-bond donors (Lipinski definition) is 1. The Morgan fingerprint density at radius 2 is 2.11 bits per heavy atom. The molecule has 1 heterocycles. The fraction of sp³-hybridized carbons (Fsp3) is 0.231. The molecule has 0 saturated heterocycles. The first-order chi connectivity index (χ1) is 8.99. The van der Waals surface area contributed by atoms with E-state index in [4.69, 9.17) is 16.0 Å². The van der Waals surface area contributed by atoms with Gasteiger partial charge in [0.05, 0.1) is 17.4 Å². The molecule has 2 rings (SSSR count). The summed E-state index contributed by atoms with van der Waals surface area (Å²) in [6.45, 7) is 2.14. The minimum Gasteiger partial charge on any atom is -0.472 e. The lowest BCUT2D eigenvalue weighted by Crippen LogP contribution is -2.25. The summed E-state index contributed by atoms with van der Waals surface area (Å²) in [5.41, 5.74) is 1.80. The van der Waals surface area contributed by atoms with Gasteiger partial charge in [-0.3, -0.25) is 0 Å². The molecule has 6 heteroatoms. The van der Waals surface area contributed by atoms with Crippen molar-refractivity contribution in [1.82, 2.24) is 4.72 Å². The van der Waals surface area contributed by atoms with Gasteiger partial charge < -0.3 is 4.42 Å². The van der Waals surface area contributed by atoms with Crippen LogP contribution in [0.3, 0.4) is 0 Å². The highest BCUT2D eigenvalue weighted by atomic mass is 35.5. The number of sulfonamides is 1. The zero-order chi connectivity index (χ0) is 13.9. The third-order valence-corrected chi connectivity index (χ3v) is 4.61. The Bertz CT molecular complexity index is 651. The van der Waals surface area contributed by atoms with Gasteiger partial charge in [0.2, 0.25) is 10.0 Å². The highest BCUT2D eigenvalue weighted by molar-refractivity contribution is 7.89. The maximum absolute atomic E-state index is 12.0. The number of furan rings is 1. The van der Waals surface area contributed by atoms with Gasteiger partial charge in [0, 0.05) is 11.6 Å². The van der Waals surface area contributed by atoms with Gasteiger partial charge in [0.15, 0.2) is 0 Å². The number of nitrogens with one attached hydrogen (secondary N) is 1. The molecule has 0 aliphatic carbocycles. The molecule has 1 N–H and O–H groups in total. The van der Waals surface area contributed by atoms with Crippen LogP contribution in [0.25, 0.3) is 0 Å². The molecule has 0 radical (unpaired) electrons. The zero-order valence-electron chi connectivity index (χ0n) is 10.4. The van der Waals surface area contributed by atoms with Crippen molar-refractivity contribution in [3.63, 3.8) is 0 Å². The summed E-state index contributed by atoms with van der Waals surface area (Å²) in [5.74, 6) is 0. The van der Waals surface area contributed by atoms with Crippen LogP contribution in [0.1, 0.15) is 11.1 Å². The van der Waals surface area contributed by atoms with Crippen LogP contribution in [0.5, 0.6) is 0 Å². The molecule has 0 spiro atoms. The van der Waals surface area contributed by atoms with Crippen LogP contribution in [0.2, 0.25) is 5.02 Å². The first-order valence-corrected chi connectivity index (χ1v) is 7.62. The molecule has 2 aromatic rings. The van der Waals surface area contributed by atoms with Crippen molar-refractivity contribution in [2.75, 3.05) is 6.54 Å². The predicted octanol–water partition coefficient (Wildman–Crippen LogP) is 2.76. The number of halogens is 1.